The second-order valence-corrected chi connectivity index (χ2v) is 6.99. The fourth-order valence-electron chi connectivity index (χ4n) is 2.27. The summed E-state index contributed by atoms with van der Waals surface area (Å²) in [5, 5.41) is 0. The van der Waals surface area contributed by atoms with E-state index in [1.165, 1.54) is 12.1 Å². The maximum atomic E-state index is 13.4. The van der Waals surface area contributed by atoms with E-state index in [-0.39, 0.29) is 4.90 Å². The van der Waals surface area contributed by atoms with Crippen molar-refractivity contribution < 1.29 is 17.2 Å². The molecule has 0 atom stereocenters. The van der Waals surface area contributed by atoms with Crippen molar-refractivity contribution in [2.45, 2.75) is 18.7 Å². The lowest BCUT2D eigenvalue weighted by molar-refractivity contribution is 0.534. The van der Waals surface area contributed by atoms with Crippen LogP contribution in [0.5, 0.6) is 0 Å². The molecule has 5 nitrogen and oxygen atoms in total. The standard InChI is InChI=1S/C17H15FN2O3S/c1-11-3-6-14(18)9-17(11)24(21,22)20-15-7-4-13(5-8-15)16-10-19-12(2)23-16/h3-10,20H,1-2H3. The Kier molecular flexibility index (Phi) is 4.11. The molecular formula is C17H15FN2O3S. The van der Waals surface area contributed by atoms with E-state index in [4.69, 9.17) is 4.42 Å². The third-order valence-electron chi connectivity index (χ3n) is 3.48. The van der Waals surface area contributed by atoms with Crippen molar-refractivity contribution in [2.24, 2.45) is 0 Å². The quantitative estimate of drug-likeness (QED) is 0.778. The number of benzene rings is 2. The maximum Gasteiger partial charge on any atom is 0.262 e. The van der Waals surface area contributed by atoms with Crippen molar-refractivity contribution in [1.29, 1.82) is 0 Å². The molecule has 0 spiro atoms. The van der Waals surface area contributed by atoms with Crippen molar-refractivity contribution in [3.63, 3.8) is 0 Å². The normalized spacial score (nSPS) is 11.5. The summed E-state index contributed by atoms with van der Waals surface area (Å²) in [6, 6.07) is 10.3. The van der Waals surface area contributed by atoms with Crippen LogP contribution in [-0.4, -0.2) is 13.4 Å². The summed E-state index contributed by atoms with van der Waals surface area (Å²) in [4.78, 5) is 3.93. The first kappa shape index (κ1) is 16.2. The third-order valence-corrected chi connectivity index (χ3v) is 5.01. The van der Waals surface area contributed by atoms with Crippen LogP contribution < -0.4 is 4.72 Å². The van der Waals surface area contributed by atoms with Gasteiger partial charge in [0, 0.05) is 18.2 Å². The minimum Gasteiger partial charge on any atom is -0.441 e. The molecular weight excluding hydrogens is 331 g/mol. The second-order valence-electron chi connectivity index (χ2n) is 5.34. The first-order chi connectivity index (χ1) is 11.3. The van der Waals surface area contributed by atoms with E-state index in [0.29, 0.717) is 22.9 Å². The Balaban J connectivity index is 1.86. The number of nitrogens with zero attached hydrogens (tertiary/aromatic N) is 1. The van der Waals surface area contributed by atoms with Gasteiger partial charge in [-0.1, -0.05) is 6.07 Å². The Bertz CT molecular complexity index is 979. The number of hydrogen-bond donors (Lipinski definition) is 1. The van der Waals surface area contributed by atoms with E-state index in [2.05, 4.69) is 9.71 Å². The summed E-state index contributed by atoms with van der Waals surface area (Å²) in [7, 11) is -3.87. The molecule has 24 heavy (non-hydrogen) atoms. The highest BCUT2D eigenvalue weighted by Gasteiger charge is 2.18. The van der Waals surface area contributed by atoms with E-state index >= 15 is 0 Å². The number of oxazole rings is 1. The van der Waals surface area contributed by atoms with Gasteiger partial charge in [0.25, 0.3) is 10.0 Å². The Hall–Kier alpha value is -2.67. The highest BCUT2D eigenvalue weighted by Crippen LogP contribution is 2.24. The molecule has 0 unspecified atom stereocenters. The molecule has 1 aromatic heterocycles. The number of sulfonamides is 1. The zero-order valence-electron chi connectivity index (χ0n) is 13.1. The average Bonchev–Trinajstić information content (AvgIpc) is 2.96. The summed E-state index contributed by atoms with van der Waals surface area (Å²) >= 11 is 0. The van der Waals surface area contributed by atoms with E-state index in [1.54, 1.807) is 44.3 Å². The van der Waals surface area contributed by atoms with Crippen LogP contribution in [0.25, 0.3) is 11.3 Å². The van der Waals surface area contributed by atoms with Gasteiger partial charge in [-0.15, -0.1) is 0 Å². The molecule has 1 heterocycles. The van der Waals surface area contributed by atoms with Crippen molar-refractivity contribution in [2.75, 3.05) is 4.72 Å². The highest BCUT2D eigenvalue weighted by atomic mass is 32.2. The Morgan fingerprint density at radius 3 is 2.42 bits per heavy atom. The Morgan fingerprint density at radius 1 is 1.08 bits per heavy atom. The van der Waals surface area contributed by atoms with Gasteiger partial charge in [-0.25, -0.2) is 17.8 Å². The molecule has 7 heteroatoms. The molecule has 3 aromatic rings. The first-order valence-electron chi connectivity index (χ1n) is 7.17. The zero-order valence-corrected chi connectivity index (χ0v) is 13.9. The molecule has 0 aliphatic carbocycles. The van der Waals surface area contributed by atoms with Gasteiger partial charge in [0.1, 0.15) is 5.82 Å². The zero-order chi connectivity index (χ0) is 17.3. The van der Waals surface area contributed by atoms with E-state index in [1.807, 2.05) is 0 Å². The van der Waals surface area contributed by atoms with Crippen molar-refractivity contribution >= 4 is 15.7 Å². The molecule has 124 valence electrons. The van der Waals surface area contributed by atoms with Crippen molar-refractivity contribution in [1.82, 2.24) is 4.98 Å². The van der Waals surface area contributed by atoms with Crippen LogP contribution in [0.4, 0.5) is 10.1 Å². The number of aryl methyl sites for hydroxylation is 2. The number of aromatic nitrogens is 1. The molecule has 1 N–H and O–H groups in total. The molecule has 2 aromatic carbocycles. The number of halogens is 1. The van der Waals surface area contributed by atoms with Crippen LogP contribution in [0.3, 0.4) is 0 Å². The second kappa shape index (κ2) is 6.09. The average molecular weight is 346 g/mol. The molecule has 0 aliphatic rings. The maximum absolute atomic E-state index is 13.4. The lowest BCUT2D eigenvalue weighted by atomic mass is 10.2. The van der Waals surface area contributed by atoms with Crippen molar-refractivity contribution in [3.8, 4) is 11.3 Å². The van der Waals surface area contributed by atoms with E-state index in [9.17, 15) is 12.8 Å². The van der Waals surface area contributed by atoms with Gasteiger partial charge in [-0.05, 0) is 48.9 Å². The molecule has 3 rings (SSSR count). The van der Waals surface area contributed by atoms with Crippen LogP contribution in [0, 0.1) is 19.7 Å². The van der Waals surface area contributed by atoms with Crippen molar-refractivity contribution in [3.05, 3.63) is 65.9 Å². The molecule has 0 radical (unpaired) electrons. The van der Waals surface area contributed by atoms with Gasteiger partial charge in [-0.3, -0.25) is 4.72 Å². The molecule has 0 saturated heterocycles. The van der Waals surface area contributed by atoms with Crippen LogP contribution in [-0.2, 0) is 10.0 Å². The first-order valence-corrected chi connectivity index (χ1v) is 8.65. The van der Waals surface area contributed by atoms with Crippen LogP contribution in [0.2, 0.25) is 0 Å². The van der Waals surface area contributed by atoms with Crippen LogP contribution in [0.1, 0.15) is 11.5 Å². The monoisotopic (exact) mass is 346 g/mol. The Morgan fingerprint density at radius 2 is 1.79 bits per heavy atom. The van der Waals surface area contributed by atoms with Gasteiger partial charge >= 0.3 is 0 Å². The molecule has 0 saturated carbocycles. The number of hydrogen-bond acceptors (Lipinski definition) is 4. The SMILES string of the molecule is Cc1ncc(-c2ccc(NS(=O)(=O)c3cc(F)ccc3C)cc2)o1. The molecule has 0 amide bonds. The minimum atomic E-state index is -3.87. The van der Waals surface area contributed by atoms with Gasteiger partial charge in [0.2, 0.25) is 0 Å². The predicted molar refractivity (Wildman–Crippen MR) is 88.6 cm³/mol. The fraction of sp³-hybridized carbons (Fsp3) is 0.118. The Labute approximate surface area is 139 Å². The van der Waals surface area contributed by atoms with E-state index in [0.717, 1.165) is 11.6 Å². The van der Waals surface area contributed by atoms with Gasteiger partial charge < -0.3 is 4.42 Å². The highest BCUT2D eigenvalue weighted by molar-refractivity contribution is 7.92. The number of nitrogens with one attached hydrogen (secondary N) is 1. The summed E-state index contributed by atoms with van der Waals surface area (Å²) in [6.07, 6.45) is 1.60. The van der Waals surface area contributed by atoms with Crippen LogP contribution >= 0.6 is 0 Å². The van der Waals surface area contributed by atoms with Gasteiger partial charge in [-0.2, -0.15) is 0 Å². The largest absolute Gasteiger partial charge is 0.441 e. The minimum absolute atomic E-state index is 0.0857. The number of rotatable bonds is 4. The lowest BCUT2D eigenvalue weighted by Crippen LogP contribution is -2.14. The van der Waals surface area contributed by atoms with Crippen LogP contribution in [0.15, 0.2) is 58.0 Å². The smallest absolute Gasteiger partial charge is 0.262 e. The summed E-state index contributed by atoms with van der Waals surface area (Å²) < 4.78 is 46.1. The third kappa shape index (κ3) is 3.30. The topological polar surface area (TPSA) is 72.2 Å². The molecule has 0 fully saturated rings. The predicted octanol–water partition coefficient (Wildman–Crippen LogP) is 3.90. The summed E-state index contributed by atoms with van der Waals surface area (Å²) in [5.74, 6) is 0.552. The summed E-state index contributed by atoms with van der Waals surface area (Å²) in [6.45, 7) is 3.36. The fourth-order valence-corrected chi connectivity index (χ4v) is 3.59. The lowest BCUT2D eigenvalue weighted by Gasteiger charge is -2.10. The van der Waals surface area contributed by atoms with E-state index < -0.39 is 15.8 Å². The molecule has 0 bridgehead atoms. The number of anilines is 1. The van der Waals surface area contributed by atoms with Gasteiger partial charge in [0.05, 0.1) is 11.1 Å². The van der Waals surface area contributed by atoms with Gasteiger partial charge in [0.15, 0.2) is 11.7 Å². The molecule has 0 aliphatic heterocycles. The summed E-state index contributed by atoms with van der Waals surface area (Å²) in [5.41, 5.74) is 1.62.